The molecule has 4 aromatic carbocycles. The van der Waals surface area contributed by atoms with Gasteiger partial charge in [-0.3, -0.25) is 19.0 Å². The topological polar surface area (TPSA) is 168 Å². The molecular formula is C48H55FN4O10. The first-order chi connectivity index (χ1) is 30.4. The van der Waals surface area contributed by atoms with Gasteiger partial charge < -0.3 is 39.0 Å². The number of halogens is 1. The molecule has 14 nitrogen and oxygen atoms in total. The Hall–Kier alpha value is -6.42. The molecule has 63 heavy (non-hydrogen) atoms. The van der Waals surface area contributed by atoms with Gasteiger partial charge in [-0.2, -0.15) is 4.98 Å². The summed E-state index contributed by atoms with van der Waals surface area (Å²) >= 11 is 0. The van der Waals surface area contributed by atoms with Crippen LogP contribution in [0.1, 0.15) is 72.5 Å². The van der Waals surface area contributed by atoms with Crippen LogP contribution in [-0.4, -0.2) is 96.2 Å². The number of rotatable bonds is 18. The van der Waals surface area contributed by atoms with Crippen molar-refractivity contribution in [2.45, 2.75) is 70.7 Å². The fourth-order valence-electron chi connectivity index (χ4n) is 7.21. The molecule has 5 aromatic rings. The number of carboxylic acids is 1. The smallest absolute Gasteiger partial charge is 0.351 e. The number of anilines is 1. The van der Waals surface area contributed by atoms with Gasteiger partial charge in [-0.25, -0.2) is 9.18 Å². The van der Waals surface area contributed by atoms with Gasteiger partial charge in [0.1, 0.15) is 29.0 Å². The largest absolute Gasteiger partial charge is 0.497 e. The number of carbonyl (C=O) groups excluding carboxylic acids is 2. The van der Waals surface area contributed by atoms with E-state index in [4.69, 9.17) is 28.8 Å². The van der Waals surface area contributed by atoms with Crippen LogP contribution in [0.2, 0.25) is 0 Å². The van der Waals surface area contributed by atoms with Crippen LogP contribution < -0.4 is 20.5 Å². The Kier molecular flexibility index (Phi) is 17.1. The molecule has 0 saturated carbocycles. The number of hydrogen-bond donors (Lipinski definition) is 2. The van der Waals surface area contributed by atoms with Crippen LogP contribution in [0, 0.1) is 6.92 Å². The third-order valence-electron chi connectivity index (χ3n) is 10.7. The number of alkyl halides is 1. The first-order valence-electron chi connectivity index (χ1n) is 20.8. The normalized spacial score (nSPS) is 17.0. The Morgan fingerprint density at radius 1 is 0.810 bits per heavy atom. The van der Waals surface area contributed by atoms with Gasteiger partial charge in [0.15, 0.2) is 18.5 Å². The van der Waals surface area contributed by atoms with E-state index in [-0.39, 0.29) is 12.4 Å². The molecule has 0 bridgehead atoms. The number of amides is 1. The maximum Gasteiger partial charge on any atom is 0.351 e. The zero-order valence-corrected chi connectivity index (χ0v) is 36.4. The summed E-state index contributed by atoms with van der Waals surface area (Å²) in [5.41, 5.74) is 0.382. The fourth-order valence-corrected chi connectivity index (χ4v) is 7.21. The molecule has 0 unspecified atom stereocenters. The van der Waals surface area contributed by atoms with Gasteiger partial charge in [-0.05, 0) is 79.6 Å². The molecule has 1 aliphatic rings. The van der Waals surface area contributed by atoms with Gasteiger partial charge in [-0.1, -0.05) is 93.6 Å². The Bertz CT molecular complexity index is 2250. The van der Waals surface area contributed by atoms with E-state index >= 15 is 4.39 Å². The summed E-state index contributed by atoms with van der Waals surface area (Å²) in [6.45, 7) is 11.3. The van der Waals surface area contributed by atoms with Crippen LogP contribution in [0.25, 0.3) is 0 Å². The fraction of sp³-hybridized carbons (Fsp3) is 0.354. The summed E-state index contributed by atoms with van der Waals surface area (Å²) in [6.07, 6.45) is -6.50. The van der Waals surface area contributed by atoms with E-state index in [0.717, 1.165) is 4.57 Å². The highest BCUT2D eigenvalue weighted by Crippen LogP contribution is 2.43. The molecule has 15 heteroatoms. The molecule has 0 radical (unpaired) electrons. The monoisotopic (exact) mass is 866 g/mol. The second-order valence-corrected chi connectivity index (χ2v) is 14.6. The minimum atomic E-state index is -2.13. The number of ether oxygens (including phenoxy) is 5. The van der Waals surface area contributed by atoms with E-state index in [9.17, 15) is 19.2 Å². The molecule has 6 rings (SSSR count). The van der Waals surface area contributed by atoms with Gasteiger partial charge in [0.25, 0.3) is 5.91 Å². The highest BCUT2D eigenvalue weighted by molar-refractivity contribution is 6.04. The van der Waals surface area contributed by atoms with Gasteiger partial charge >= 0.3 is 17.6 Å². The zero-order valence-electron chi connectivity index (χ0n) is 36.4. The summed E-state index contributed by atoms with van der Waals surface area (Å²) in [7, 11) is 3.10. The molecule has 2 heterocycles. The van der Waals surface area contributed by atoms with Crippen molar-refractivity contribution >= 4 is 23.7 Å². The van der Waals surface area contributed by atoms with Crippen LogP contribution in [0.3, 0.4) is 0 Å². The third kappa shape index (κ3) is 11.7. The average molecular weight is 867 g/mol. The molecule has 2 N–H and O–H groups in total. The van der Waals surface area contributed by atoms with E-state index in [2.05, 4.69) is 36.0 Å². The summed E-state index contributed by atoms with van der Waals surface area (Å²) in [4.78, 5) is 56.8. The number of benzene rings is 4. The minimum absolute atomic E-state index is 0.0309. The van der Waals surface area contributed by atoms with Crippen molar-refractivity contribution in [3.8, 4) is 11.5 Å². The van der Waals surface area contributed by atoms with Crippen LogP contribution in [0.15, 0.2) is 120 Å². The summed E-state index contributed by atoms with van der Waals surface area (Å²) in [5.74, 6) is -1.55. The van der Waals surface area contributed by atoms with Gasteiger partial charge in [0.05, 0.1) is 33.7 Å². The Morgan fingerprint density at radius 3 is 1.83 bits per heavy atom. The first kappa shape index (κ1) is 47.6. The number of aliphatic carboxylic acids is 1. The number of carbonyl (C=O) groups is 3. The van der Waals surface area contributed by atoms with E-state index in [1.54, 1.807) is 75.7 Å². The zero-order chi connectivity index (χ0) is 45.5. The van der Waals surface area contributed by atoms with E-state index in [1.807, 2.05) is 54.6 Å². The van der Waals surface area contributed by atoms with Crippen molar-refractivity contribution in [2.24, 2.45) is 0 Å². The van der Waals surface area contributed by atoms with Crippen LogP contribution in [-0.2, 0) is 29.4 Å². The lowest BCUT2D eigenvalue weighted by atomic mass is 9.80. The number of carboxylic acid groups (broad SMARTS) is 1. The number of nitrogens with one attached hydrogen (secondary N) is 1. The highest BCUT2D eigenvalue weighted by Gasteiger charge is 2.51. The van der Waals surface area contributed by atoms with Gasteiger partial charge in [0, 0.05) is 17.3 Å². The molecule has 1 aromatic heterocycles. The van der Waals surface area contributed by atoms with Crippen molar-refractivity contribution in [3.05, 3.63) is 154 Å². The molecule has 4 atom stereocenters. The molecular weight excluding hydrogens is 812 g/mol. The van der Waals surface area contributed by atoms with Crippen LogP contribution in [0.5, 0.6) is 11.5 Å². The maximum absolute atomic E-state index is 16.7. The molecule has 1 saturated heterocycles. The second-order valence-electron chi connectivity index (χ2n) is 14.6. The van der Waals surface area contributed by atoms with E-state index in [1.165, 1.54) is 25.8 Å². The molecule has 334 valence electrons. The lowest BCUT2D eigenvalue weighted by molar-refractivity contribution is -0.159. The third-order valence-corrected chi connectivity index (χ3v) is 10.7. The van der Waals surface area contributed by atoms with E-state index < -0.39 is 66.6 Å². The molecule has 1 amide bonds. The summed E-state index contributed by atoms with van der Waals surface area (Å²) < 4.78 is 47.1. The predicted octanol–water partition coefficient (Wildman–Crippen LogP) is 7.19. The number of nitrogens with zero attached hydrogens (tertiary/aromatic N) is 3. The molecule has 1 fully saturated rings. The van der Waals surface area contributed by atoms with Crippen molar-refractivity contribution in [1.82, 2.24) is 14.5 Å². The molecule has 0 aliphatic carbocycles. The highest BCUT2D eigenvalue weighted by atomic mass is 19.1. The van der Waals surface area contributed by atoms with Gasteiger partial charge in [-0.15, -0.1) is 0 Å². The number of aryl methyl sites for hydroxylation is 1. The van der Waals surface area contributed by atoms with Crippen molar-refractivity contribution in [3.63, 3.8) is 0 Å². The van der Waals surface area contributed by atoms with E-state index in [0.29, 0.717) is 39.3 Å². The van der Waals surface area contributed by atoms with Gasteiger partial charge in [0.2, 0.25) is 0 Å². The lowest BCUT2D eigenvalue weighted by Crippen LogP contribution is -2.41. The number of esters is 1. The summed E-state index contributed by atoms with van der Waals surface area (Å²) in [5, 5.41) is 11.8. The Morgan fingerprint density at radius 2 is 1.33 bits per heavy atom. The average Bonchev–Trinajstić information content (AvgIpc) is 3.61. The molecule has 0 spiro atoms. The van der Waals surface area contributed by atoms with Crippen LogP contribution in [0.4, 0.5) is 10.2 Å². The quantitative estimate of drug-likeness (QED) is 0.0673. The maximum atomic E-state index is 16.7. The first-order valence-corrected chi connectivity index (χ1v) is 20.8. The standard InChI is InChI=1S/C42H40FN3O10.C6H15N/c1-26-24-46(41(51)45-38(26)44-39(50)27-10-6-4-7-11-27)40-36(43)37(56-35(49)23-22-34(47)48)33(55-40)25-54-42(28-12-8-5-9-13-28,29-14-18-31(52-2)19-15-29)30-16-20-32(53-3)21-17-30;1-4-7(5-2)6-3/h4-21,24,33,36-37,40H,22-23,25H2,1-3H3,(H,47,48)(H,44,45,50,51);4-6H2,1-3H3/t33-,36+,37-,40-;/m1./s1. The van der Waals surface area contributed by atoms with Crippen LogP contribution >= 0.6 is 0 Å². The lowest BCUT2D eigenvalue weighted by Gasteiger charge is -2.37. The number of methoxy groups -OCH3 is 2. The SMILES string of the molecule is CCN(CC)CC.COc1ccc(C(OC[C@H]2O[C@@H](n3cc(C)c(NC(=O)c4ccccc4)nc3=O)[C@@H](F)[C@@H]2OC(=O)CCC(=O)O)(c2ccccc2)c2ccc(OC)cc2)cc1. The molecule has 1 aliphatic heterocycles. The predicted molar refractivity (Wildman–Crippen MR) is 235 cm³/mol. The Labute approximate surface area is 366 Å². The van der Waals surface area contributed by atoms with Crippen molar-refractivity contribution < 1.29 is 47.6 Å². The Balaban J connectivity index is 0.000000985. The van der Waals surface area contributed by atoms with Crippen molar-refractivity contribution in [2.75, 3.05) is 45.8 Å². The number of hydrogen-bond acceptors (Lipinski definition) is 11. The number of aromatic nitrogens is 2. The summed E-state index contributed by atoms with van der Waals surface area (Å²) in [6, 6.07) is 32.1. The minimum Gasteiger partial charge on any atom is -0.497 e. The van der Waals surface area contributed by atoms with Crippen molar-refractivity contribution in [1.29, 1.82) is 0 Å². The second kappa shape index (κ2) is 22.6.